The summed E-state index contributed by atoms with van der Waals surface area (Å²) in [4.78, 5) is 6.60. The molecule has 1 aromatic rings. The maximum Gasteiger partial charge on any atom is 0.193 e. The summed E-state index contributed by atoms with van der Waals surface area (Å²) in [6, 6.07) is 8.26. The molecule has 0 radical (unpaired) electrons. The van der Waals surface area contributed by atoms with Gasteiger partial charge in [0.05, 0.1) is 6.61 Å². The van der Waals surface area contributed by atoms with E-state index in [1.807, 2.05) is 37.9 Å². The van der Waals surface area contributed by atoms with Gasteiger partial charge < -0.3 is 19.7 Å². The number of aliphatic imine (C=N–C) groups is 1. The Morgan fingerprint density at radius 3 is 2.50 bits per heavy atom. The molecule has 5 nitrogen and oxygen atoms in total. The van der Waals surface area contributed by atoms with Crippen LogP contribution >= 0.6 is 35.7 Å². The second-order valence-electron chi connectivity index (χ2n) is 6.33. The maximum absolute atomic E-state index is 5.52. The van der Waals surface area contributed by atoms with Crippen molar-refractivity contribution in [3.05, 3.63) is 29.8 Å². The minimum Gasteiger partial charge on any atom is -0.494 e. The van der Waals surface area contributed by atoms with Crippen molar-refractivity contribution in [1.82, 2.24) is 10.2 Å². The Labute approximate surface area is 179 Å². The molecule has 1 aliphatic heterocycles. The van der Waals surface area contributed by atoms with E-state index in [1.165, 1.54) is 5.56 Å². The Morgan fingerprint density at radius 2 is 1.96 bits per heavy atom. The molecule has 2 rings (SSSR count). The molecule has 0 amide bonds. The van der Waals surface area contributed by atoms with Crippen LogP contribution in [0.1, 0.15) is 25.3 Å². The van der Waals surface area contributed by atoms with Crippen LogP contribution < -0.4 is 10.1 Å². The van der Waals surface area contributed by atoms with Gasteiger partial charge in [-0.25, -0.2) is 0 Å². The van der Waals surface area contributed by atoms with Gasteiger partial charge in [-0.05, 0) is 43.7 Å². The topological polar surface area (TPSA) is 46.1 Å². The number of rotatable bonds is 7. The molecule has 0 unspecified atom stereocenters. The molecule has 7 heteroatoms. The molecule has 26 heavy (non-hydrogen) atoms. The van der Waals surface area contributed by atoms with E-state index in [9.17, 15) is 0 Å². The lowest BCUT2D eigenvalue weighted by Crippen LogP contribution is -2.48. The lowest BCUT2D eigenvalue weighted by atomic mass is 9.99. The zero-order valence-electron chi connectivity index (χ0n) is 16.3. The highest BCUT2D eigenvalue weighted by atomic mass is 127. The molecule has 1 aromatic carbocycles. The minimum atomic E-state index is 0. The lowest BCUT2D eigenvalue weighted by molar-refractivity contribution is 0.0781. The first-order valence-electron chi connectivity index (χ1n) is 8.89. The third-order valence-corrected chi connectivity index (χ3v) is 6.05. The third-order valence-electron chi connectivity index (χ3n) is 4.63. The number of nitrogens with zero attached hydrogens (tertiary/aromatic N) is 2. The van der Waals surface area contributed by atoms with Crippen LogP contribution in [0.5, 0.6) is 5.75 Å². The summed E-state index contributed by atoms with van der Waals surface area (Å²) < 4.78 is 11.3. The van der Waals surface area contributed by atoms with Crippen molar-refractivity contribution in [1.29, 1.82) is 0 Å². The molecule has 0 saturated carbocycles. The lowest BCUT2D eigenvalue weighted by Gasteiger charge is -2.37. The number of hydrogen-bond donors (Lipinski definition) is 1. The zero-order valence-corrected chi connectivity index (χ0v) is 19.4. The second kappa shape index (κ2) is 11.9. The van der Waals surface area contributed by atoms with Crippen molar-refractivity contribution in [2.75, 3.05) is 46.7 Å². The van der Waals surface area contributed by atoms with Crippen LogP contribution in [0.25, 0.3) is 0 Å². The van der Waals surface area contributed by atoms with Gasteiger partial charge in [-0.15, -0.1) is 24.0 Å². The van der Waals surface area contributed by atoms with E-state index in [1.54, 1.807) is 0 Å². The van der Waals surface area contributed by atoms with E-state index >= 15 is 0 Å². The van der Waals surface area contributed by atoms with Crippen LogP contribution in [-0.4, -0.2) is 62.3 Å². The Bertz CT molecular complexity index is 548. The van der Waals surface area contributed by atoms with E-state index in [4.69, 9.17) is 9.47 Å². The molecule has 0 atom stereocenters. The molecule has 148 valence electrons. The number of hydrogen-bond acceptors (Lipinski definition) is 4. The monoisotopic (exact) mass is 493 g/mol. The van der Waals surface area contributed by atoms with Gasteiger partial charge in [0.25, 0.3) is 0 Å². The molecule has 1 heterocycles. The molecule has 1 aliphatic rings. The third kappa shape index (κ3) is 6.81. The van der Waals surface area contributed by atoms with Gasteiger partial charge in [-0.3, -0.25) is 4.99 Å². The second-order valence-corrected chi connectivity index (χ2v) is 7.61. The summed E-state index contributed by atoms with van der Waals surface area (Å²) in [5.74, 6) is 1.84. The van der Waals surface area contributed by atoms with Gasteiger partial charge in [-0.2, -0.15) is 11.8 Å². The van der Waals surface area contributed by atoms with Crippen molar-refractivity contribution < 1.29 is 9.47 Å². The van der Waals surface area contributed by atoms with Crippen molar-refractivity contribution in [2.24, 2.45) is 4.99 Å². The molecule has 0 aromatic heterocycles. The van der Waals surface area contributed by atoms with E-state index in [0.717, 1.165) is 50.9 Å². The van der Waals surface area contributed by atoms with Crippen molar-refractivity contribution in [2.45, 2.75) is 31.1 Å². The quantitative estimate of drug-likeness (QED) is 0.357. The average Bonchev–Trinajstić information content (AvgIpc) is 2.65. The Hall–Kier alpha value is -0.670. The van der Waals surface area contributed by atoms with Gasteiger partial charge in [-0.1, -0.05) is 12.1 Å². The molecule has 0 bridgehead atoms. The Morgan fingerprint density at radius 1 is 1.31 bits per heavy atom. The van der Waals surface area contributed by atoms with Crippen molar-refractivity contribution in [3.63, 3.8) is 0 Å². The Kier molecular flexibility index (Phi) is 10.7. The molecular formula is C19H32IN3O2S. The number of halogens is 1. The van der Waals surface area contributed by atoms with Crippen LogP contribution in [0, 0.1) is 0 Å². The first-order chi connectivity index (χ1) is 12.1. The van der Waals surface area contributed by atoms with Crippen LogP contribution in [-0.2, 0) is 11.3 Å². The fraction of sp³-hybridized carbons (Fsp3) is 0.632. The molecule has 0 aliphatic carbocycles. The van der Waals surface area contributed by atoms with Gasteiger partial charge in [0.1, 0.15) is 5.75 Å². The fourth-order valence-electron chi connectivity index (χ4n) is 3.03. The van der Waals surface area contributed by atoms with Gasteiger partial charge in [0.15, 0.2) is 5.96 Å². The summed E-state index contributed by atoms with van der Waals surface area (Å²) in [6.07, 6.45) is 4.36. The van der Waals surface area contributed by atoms with E-state index in [0.29, 0.717) is 6.61 Å². The summed E-state index contributed by atoms with van der Waals surface area (Å²) >= 11 is 1.94. The molecule has 1 fully saturated rings. The standard InChI is InChI=1S/C19H31N3O2S.HI/c1-5-24-17-8-6-16(7-9-17)14-22(3)18(20-2)21-15-19(25-4)10-12-23-13-11-19;/h6-9H,5,10-15H2,1-4H3,(H,20,21);1H. The number of ether oxygens (including phenoxy) is 2. The SMILES string of the molecule is CCOc1ccc(CN(C)C(=NC)NCC2(SC)CCOCC2)cc1.I. The Balaban J connectivity index is 0.00000338. The first kappa shape index (κ1) is 23.4. The molecule has 0 spiro atoms. The zero-order chi connectivity index (χ0) is 18.1. The minimum absolute atomic E-state index is 0. The molecular weight excluding hydrogens is 461 g/mol. The normalized spacial score (nSPS) is 16.5. The summed E-state index contributed by atoms with van der Waals surface area (Å²) in [5.41, 5.74) is 1.24. The van der Waals surface area contributed by atoms with Crippen LogP contribution in [0.3, 0.4) is 0 Å². The van der Waals surface area contributed by atoms with E-state index < -0.39 is 0 Å². The number of thioether (sulfide) groups is 1. The highest BCUT2D eigenvalue weighted by Gasteiger charge is 2.32. The maximum atomic E-state index is 5.52. The largest absolute Gasteiger partial charge is 0.494 e. The smallest absolute Gasteiger partial charge is 0.193 e. The predicted octanol–water partition coefficient (Wildman–Crippen LogP) is 3.62. The van der Waals surface area contributed by atoms with Crippen LogP contribution in [0.15, 0.2) is 29.3 Å². The molecule has 1 saturated heterocycles. The molecule has 1 N–H and O–H groups in total. The van der Waals surface area contributed by atoms with Gasteiger partial charge in [0, 0.05) is 45.1 Å². The predicted molar refractivity (Wildman–Crippen MR) is 122 cm³/mol. The first-order valence-corrected chi connectivity index (χ1v) is 10.1. The number of benzene rings is 1. The number of guanidine groups is 1. The number of nitrogens with one attached hydrogen (secondary N) is 1. The van der Waals surface area contributed by atoms with Crippen molar-refractivity contribution in [3.8, 4) is 5.75 Å². The van der Waals surface area contributed by atoms with E-state index in [-0.39, 0.29) is 28.7 Å². The van der Waals surface area contributed by atoms with Gasteiger partial charge >= 0.3 is 0 Å². The highest BCUT2D eigenvalue weighted by Crippen LogP contribution is 2.33. The average molecular weight is 493 g/mol. The fourth-order valence-corrected chi connectivity index (χ4v) is 3.82. The van der Waals surface area contributed by atoms with Crippen molar-refractivity contribution >= 4 is 41.7 Å². The van der Waals surface area contributed by atoms with Crippen LogP contribution in [0.4, 0.5) is 0 Å². The van der Waals surface area contributed by atoms with Gasteiger partial charge in [0.2, 0.25) is 0 Å². The van der Waals surface area contributed by atoms with E-state index in [2.05, 4.69) is 40.6 Å². The van der Waals surface area contributed by atoms with Crippen LogP contribution in [0.2, 0.25) is 0 Å². The summed E-state index contributed by atoms with van der Waals surface area (Å²) in [5, 5.41) is 3.56. The highest BCUT2D eigenvalue weighted by molar-refractivity contribution is 14.0. The summed E-state index contributed by atoms with van der Waals surface area (Å²) in [7, 11) is 3.91. The summed E-state index contributed by atoms with van der Waals surface area (Å²) in [6.45, 7) is 6.11.